The predicted octanol–water partition coefficient (Wildman–Crippen LogP) is 2.93. The molecule has 28 heavy (non-hydrogen) atoms. The molecule has 1 aliphatic heterocycles. The van der Waals surface area contributed by atoms with E-state index in [1.165, 1.54) is 6.92 Å². The van der Waals surface area contributed by atoms with Crippen molar-refractivity contribution in [2.24, 2.45) is 0 Å². The Morgan fingerprint density at radius 1 is 1.14 bits per heavy atom. The van der Waals surface area contributed by atoms with E-state index in [1.54, 1.807) is 23.1 Å². The molecule has 1 aromatic heterocycles. The van der Waals surface area contributed by atoms with Crippen LogP contribution in [0.25, 0.3) is 10.9 Å². The molecule has 0 radical (unpaired) electrons. The van der Waals surface area contributed by atoms with Crippen LogP contribution in [0.5, 0.6) is 11.5 Å². The molecule has 0 atom stereocenters. The summed E-state index contributed by atoms with van der Waals surface area (Å²) in [5, 5.41) is 3.94. The summed E-state index contributed by atoms with van der Waals surface area (Å²) in [5.74, 6) is 0.858. The van der Waals surface area contributed by atoms with E-state index in [2.05, 4.69) is 10.3 Å². The van der Waals surface area contributed by atoms with Crippen molar-refractivity contribution in [3.63, 3.8) is 0 Å². The van der Waals surface area contributed by atoms with Crippen molar-refractivity contribution in [3.05, 3.63) is 54.2 Å². The van der Waals surface area contributed by atoms with Crippen LogP contribution in [0.1, 0.15) is 12.5 Å². The van der Waals surface area contributed by atoms with E-state index in [9.17, 15) is 9.59 Å². The van der Waals surface area contributed by atoms with Gasteiger partial charge in [0.15, 0.2) is 11.5 Å². The molecular formula is C21H21N3O4. The minimum atomic E-state index is -0.256. The molecule has 2 heterocycles. The van der Waals surface area contributed by atoms with Crippen molar-refractivity contribution >= 4 is 28.4 Å². The highest BCUT2D eigenvalue weighted by Gasteiger charge is 2.17. The highest BCUT2D eigenvalue weighted by molar-refractivity contribution is 5.94. The van der Waals surface area contributed by atoms with Gasteiger partial charge in [-0.3, -0.25) is 9.59 Å². The largest absolute Gasteiger partial charge is 0.454 e. The van der Waals surface area contributed by atoms with Crippen molar-refractivity contribution in [1.82, 2.24) is 9.88 Å². The van der Waals surface area contributed by atoms with Crippen LogP contribution < -0.4 is 14.8 Å². The number of benzene rings is 2. The molecule has 0 bridgehead atoms. The molecule has 4 rings (SSSR count). The van der Waals surface area contributed by atoms with Crippen molar-refractivity contribution in [3.8, 4) is 11.5 Å². The Labute approximate surface area is 162 Å². The summed E-state index contributed by atoms with van der Waals surface area (Å²) >= 11 is 0. The lowest BCUT2D eigenvalue weighted by atomic mass is 10.1. The fourth-order valence-corrected chi connectivity index (χ4v) is 3.29. The minimum absolute atomic E-state index is 0.00781. The van der Waals surface area contributed by atoms with E-state index in [-0.39, 0.29) is 25.2 Å². The maximum atomic E-state index is 12.4. The molecule has 2 N–H and O–H groups in total. The summed E-state index contributed by atoms with van der Waals surface area (Å²) in [6.07, 6.45) is 2.62. The second kappa shape index (κ2) is 7.64. The monoisotopic (exact) mass is 379 g/mol. The van der Waals surface area contributed by atoms with Gasteiger partial charge in [-0.05, 0) is 30.2 Å². The van der Waals surface area contributed by atoms with E-state index in [0.29, 0.717) is 30.2 Å². The first-order valence-electron chi connectivity index (χ1n) is 9.10. The van der Waals surface area contributed by atoms with Crippen molar-refractivity contribution < 1.29 is 19.1 Å². The standard InChI is InChI=1S/C21H21N3O4/c1-14(25)24(9-8-15-11-22-18-5-3-2-4-17(15)18)12-21(26)23-16-6-7-19-20(10-16)28-13-27-19/h2-7,10-11,22H,8-9,12-13H2,1H3,(H,23,26). The van der Waals surface area contributed by atoms with E-state index in [1.807, 2.05) is 30.5 Å². The van der Waals surface area contributed by atoms with Gasteiger partial charge in [-0.15, -0.1) is 0 Å². The summed E-state index contributed by atoms with van der Waals surface area (Å²) in [7, 11) is 0. The van der Waals surface area contributed by atoms with Crippen LogP contribution in [0.3, 0.4) is 0 Å². The van der Waals surface area contributed by atoms with Crippen LogP contribution in [0.15, 0.2) is 48.7 Å². The second-order valence-corrected chi connectivity index (χ2v) is 6.67. The number of hydrogen-bond acceptors (Lipinski definition) is 4. The number of aromatic amines is 1. The second-order valence-electron chi connectivity index (χ2n) is 6.67. The number of ether oxygens (including phenoxy) is 2. The Balaban J connectivity index is 1.38. The number of carbonyl (C=O) groups excluding carboxylic acids is 2. The van der Waals surface area contributed by atoms with Gasteiger partial charge in [0.1, 0.15) is 0 Å². The number of nitrogens with one attached hydrogen (secondary N) is 2. The Bertz CT molecular complexity index is 1030. The minimum Gasteiger partial charge on any atom is -0.454 e. The summed E-state index contributed by atoms with van der Waals surface area (Å²) in [6, 6.07) is 13.2. The Morgan fingerprint density at radius 3 is 2.82 bits per heavy atom. The predicted molar refractivity (Wildman–Crippen MR) is 105 cm³/mol. The molecule has 2 aromatic carbocycles. The number of fused-ring (bicyclic) bond motifs is 2. The maximum Gasteiger partial charge on any atom is 0.243 e. The van der Waals surface area contributed by atoms with Gasteiger partial charge in [-0.2, -0.15) is 0 Å². The van der Waals surface area contributed by atoms with E-state index >= 15 is 0 Å². The first-order valence-corrected chi connectivity index (χ1v) is 9.10. The molecule has 0 saturated carbocycles. The molecule has 7 nitrogen and oxygen atoms in total. The third kappa shape index (κ3) is 3.78. The average Bonchev–Trinajstić information content (AvgIpc) is 3.31. The van der Waals surface area contributed by atoms with Crippen LogP contribution in [0.4, 0.5) is 5.69 Å². The number of hydrogen-bond donors (Lipinski definition) is 2. The molecular weight excluding hydrogens is 358 g/mol. The third-order valence-electron chi connectivity index (χ3n) is 4.76. The van der Waals surface area contributed by atoms with Crippen LogP contribution in [-0.4, -0.2) is 41.6 Å². The lowest BCUT2D eigenvalue weighted by Crippen LogP contribution is -2.37. The highest BCUT2D eigenvalue weighted by Crippen LogP contribution is 2.34. The number of para-hydroxylation sites is 1. The fourth-order valence-electron chi connectivity index (χ4n) is 3.29. The maximum absolute atomic E-state index is 12.4. The molecule has 0 aliphatic carbocycles. The summed E-state index contributed by atoms with van der Waals surface area (Å²) in [4.78, 5) is 29.2. The van der Waals surface area contributed by atoms with Crippen LogP contribution in [0.2, 0.25) is 0 Å². The molecule has 7 heteroatoms. The Morgan fingerprint density at radius 2 is 1.96 bits per heavy atom. The zero-order chi connectivity index (χ0) is 19.5. The van der Waals surface area contributed by atoms with Gasteiger partial charge in [0.05, 0.1) is 6.54 Å². The average molecular weight is 379 g/mol. The lowest BCUT2D eigenvalue weighted by Gasteiger charge is -2.20. The smallest absolute Gasteiger partial charge is 0.243 e. The Hall–Kier alpha value is -3.48. The third-order valence-corrected chi connectivity index (χ3v) is 4.76. The topological polar surface area (TPSA) is 83.7 Å². The summed E-state index contributed by atoms with van der Waals surface area (Å²) in [6.45, 7) is 2.11. The highest BCUT2D eigenvalue weighted by atomic mass is 16.7. The van der Waals surface area contributed by atoms with Gasteiger partial charge in [0.25, 0.3) is 0 Å². The van der Waals surface area contributed by atoms with Gasteiger partial charge < -0.3 is 24.7 Å². The van der Waals surface area contributed by atoms with Crippen molar-refractivity contribution in [2.75, 3.05) is 25.2 Å². The van der Waals surface area contributed by atoms with E-state index in [0.717, 1.165) is 16.5 Å². The number of nitrogens with zero attached hydrogens (tertiary/aromatic N) is 1. The number of aromatic nitrogens is 1. The van der Waals surface area contributed by atoms with Gasteiger partial charge in [0, 0.05) is 42.3 Å². The fraction of sp³-hybridized carbons (Fsp3) is 0.238. The first-order chi connectivity index (χ1) is 13.6. The molecule has 1 aliphatic rings. The van der Waals surface area contributed by atoms with E-state index in [4.69, 9.17) is 9.47 Å². The molecule has 0 spiro atoms. The van der Waals surface area contributed by atoms with Crippen molar-refractivity contribution in [2.45, 2.75) is 13.3 Å². The van der Waals surface area contributed by atoms with E-state index < -0.39 is 0 Å². The quantitative estimate of drug-likeness (QED) is 0.690. The molecule has 0 saturated heterocycles. The molecule has 144 valence electrons. The molecule has 0 fully saturated rings. The van der Waals surface area contributed by atoms with Crippen molar-refractivity contribution in [1.29, 1.82) is 0 Å². The number of amides is 2. The molecule has 2 amide bonds. The van der Waals surface area contributed by atoms with Crippen LogP contribution in [0, 0.1) is 0 Å². The number of carbonyl (C=O) groups is 2. The normalized spacial score (nSPS) is 12.2. The summed E-state index contributed by atoms with van der Waals surface area (Å²) in [5.41, 5.74) is 2.79. The zero-order valence-corrected chi connectivity index (χ0v) is 15.5. The summed E-state index contributed by atoms with van der Waals surface area (Å²) < 4.78 is 10.6. The lowest BCUT2D eigenvalue weighted by molar-refractivity contribution is -0.132. The van der Waals surface area contributed by atoms with Gasteiger partial charge >= 0.3 is 0 Å². The van der Waals surface area contributed by atoms with Gasteiger partial charge in [0.2, 0.25) is 18.6 Å². The van der Waals surface area contributed by atoms with Crippen LogP contribution >= 0.6 is 0 Å². The van der Waals surface area contributed by atoms with Gasteiger partial charge in [-0.25, -0.2) is 0 Å². The zero-order valence-electron chi connectivity index (χ0n) is 15.5. The number of anilines is 1. The Kier molecular flexibility index (Phi) is 4.89. The van der Waals surface area contributed by atoms with Gasteiger partial charge in [-0.1, -0.05) is 18.2 Å². The first kappa shape index (κ1) is 17.9. The number of rotatable bonds is 6. The van der Waals surface area contributed by atoms with Crippen LogP contribution in [-0.2, 0) is 16.0 Å². The number of H-pyrrole nitrogens is 1. The SMILES string of the molecule is CC(=O)N(CCc1c[nH]c2ccccc12)CC(=O)Nc1ccc2c(c1)OCO2. The molecule has 0 unspecified atom stereocenters. The molecule has 3 aromatic rings.